The molecule has 3 unspecified atom stereocenters. The van der Waals surface area contributed by atoms with Gasteiger partial charge in [-0.3, -0.25) is 9.11 Å². The molecule has 2 rings (SSSR count). The van der Waals surface area contributed by atoms with Gasteiger partial charge in [0.1, 0.15) is 0 Å². The molecule has 2 saturated heterocycles. The highest BCUT2D eigenvalue weighted by Gasteiger charge is 2.36. The van der Waals surface area contributed by atoms with Crippen LogP contribution in [0.15, 0.2) is 0 Å². The van der Waals surface area contributed by atoms with Crippen LogP contribution in [0.2, 0.25) is 0 Å². The van der Waals surface area contributed by atoms with Gasteiger partial charge in [-0.1, -0.05) is 6.92 Å². The van der Waals surface area contributed by atoms with E-state index in [0.29, 0.717) is 5.25 Å². The van der Waals surface area contributed by atoms with Crippen LogP contribution in [0.5, 0.6) is 0 Å². The second-order valence-corrected chi connectivity index (χ2v) is 5.82. The van der Waals surface area contributed by atoms with Gasteiger partial charge in [-0.25, -0.2) is 0 Å². The molecule has 0 aliphatic carbocycles. The molecule has 2 aliphatic heterocycles. The number of nitrogens with zero attached hydrogens (tertiary/aromatic N) is 1. The monoisotopic (exact) mass is 187 g/mol. The van der Waals surface area contributed by atoms with E-state index in [2.05, 4.69) is 4.90 Å². The zero-order valence-electron chi connectivity index (χ0n) is 7.66. The standard InChI is InChI=1S/C9H17NOS/c1-2-12(11)9-6-8-4-3-5-10(8)7-9/h8-9H,2-7H2,1H3. The molecule has 0 spiro atoms. The van der Waals surface area contributed by atoms with E-state index in [1.54, 1.807) is 0 Å². The van der Waals surface area contributed by atoms with E-state index in [4.69, 9.17) is 0 Å². The summed E-state index contributed by atoms with van der Waals surface area (Å²) >= 11 is 0. The van der Waals surface area contributed by atoms with Crippen molar-refractivity contribution >= 4 is 10.8 Å². The Labute approximate surface area is 76.8 Å². The Morgan fingerprint density at radius 3 is 3.08 bits per heavy atom. The molecule has 0 saturated carbocycles. The van der Waals surface area contributed by atoms with Crippen LogP contribution in [-0.4, -0.2) is 39.2 Å². The number of hydrogen-bond donors (Lipinski definition) is 0. The van der Waals surface area contributed by atoms with E-state index in [1.807, 2.05) is 6.92 Å². The highest BCUT2D eigenvalue weighted by atomic mass is 32.2. The van der Waals surface area contributed by atoms with Crippen molar-refractivity contribution in [2.24, 2.45) is 0 Å². The summed E-state index contributed by atoms with van der Waals surface area (Å²) in [6.45, 7) is 4.38. The Bertz CT molecular complexity index is 183. The van der Waals surface area contributed by atoms with Crippen molar-refractivity contribution in [2.45, 2.75) is 37.5 Å². The second-order valence-electron chi connectivity index (χ2n) is 3.82. The summed E-state index contributed by atoms with van der Waals surface area (Å²) in [7, 11) is -0.553. The van der Waals surface area contributed by atoms with E-state index in [0.717, 1.165) is 18.3 Å². The molecule has 0 radical (unpaired) electrons. The average molecular weight is 187 g/mol. The molecule has 0 aromatic rings. The van der Waals surface area contributed by atoms with E-state index in [1.165, 1.54) is 25.8 Å². The zero-order valence-corrected chi connectivity index (χ0v) is 8.48. The molecule has 2 aliphatic rings. The molecule has 3 atom stereocenters. The highest BCUT2D eigenvalue weighted by Crippen LogP contribution is 2.29. The van der Waals surface area contributed by atoms with Crippen LogP contribution < -0.4 is 0 Å². The van der Waals surface area contributed by atoms with Crippen LogP contribution in [0.25, 0.3) is 0 Å². The zero-order chi connectivity index (χ0) is 8.55. The molecular weight excluding hydrogens is 170 g/mol. The normalized spacial score (nSPS) is 38.4. The molecule has 0 N–H and O–H groups in total. The van der Waals surface area contributed by atoms with Crippen LogP contribution in [0.3, 0.4) is 0 Å². The fourth-order valence-electron chi connectivity index (χ4n) is 2.47. The van der Waals surface area contributed by atoms with Crippen LogP contribution in [-0.2, 0) is 10.8 Å². The Hall–Kier alpha value is 0.110. The largest absolute Gasteiger partial charge is 0.299 e. The van der Waals surface area contributed by atoms with Crippen molar-refractivity contribution in [1.82, 2.24) is 4.90 Å². The first-order chi connectivity index (χ1) is 5.81. The lowest BCUT2D eigenvalue weighted by Crippen LogP contribution is -2.25. The molecule has 70 valence electrons. The van der Waals surface area contributed by atoms with Crippen LogP contribution >= 0.6 is 0 Å². The highest BCUT2D eigenvalue weighted by molar-refractivity contribution is 7.85. The molecule has 12 heavy (non-hydrogen) atoms. The average Bonchev–Trinajstić information content (AvgIpc) is 2.60. The first-order valence-electron chi connectivity index (χ1n) is 4.92. The minimum Gasteiger partial charge on any atom is -0.299 e. The minimum absolute atomic E-state index is 0.486. The van der Waals surface area contributed by atoms with E-state index >= 15 is 0 Å². The SMILES string of the molecule is CCS(=O)C1CC2CCCN2C1. The molecule has 0 aromatic carbocycles. The fourth-order valence-corrected chi connectivity index (χ4v) is 3.73. The van der Waals surface area contributed by atoms with Gasteiger partial charge >= 0.3 is 0 Å². The van der Waals surface area contributed by atoms with Gasteiger partial charge in [0, 0.05) is 34.4 Å². The summed E-state index contributed by atoms with van der Waals surface area (Å²) in [6.07, 6.45) is 3.90. The van der Waals surface area contributed by atoms with Crippen molar-refractivity contribution in [3.05, 3.63) is 0 Å². The summed E-state index contributed by atoms with van der Waals surface area (Å²) < 4.78 is 11.5. The Kier molecular flexibility index (Phi) is 2.51. The van der Waals surface area contributed by atoms with E-state index in [9.17, 15) is 4.21 Å². The van der Waals surface area contributed by atoms with Gasteiger partial charge < -0.3 is 0 Å². The Balaban J connectivity index is 1.94. The van der Waals surface area contributed by atoms with Crippen LogP contribution in [0, 0.1) is 0 Å². The lowest BCUT2D eigenvalue weighted by Gasteiger charge is -2.12. The molecule has 0 amide bonds. The maximum atomic E-state index is 11.5. The molecule has 0 bridgehead atoms. The summed E-state index contributed by atoms with van der Waals surface area (Å²) in [5.74, 6) is 0.839. The molecular formula is C9H17NOS. The first-order valence-corrected chi connectivity index (χ1v) is 6.30. The fraction of sp³-hybridized carbons (Fsp3) is 1.00. The van der Waals surface area contributed by atoms with Gasteiger partial charge in [0.2, 0.25) is 0 Å². The Morgan fingerprint density at radius 1 is 1.58 bits per heavy atom. The van der Waals surface area contributed by atoms with Crippen molar-refractivity contribution in [3.63, 3.8) is 0 Å². The molecule has 0 aromatic heterocycles. The number of hydrogen-bond acceptors (Lipinski definition) is 2. The predicted molar refractivity (Wildman–Crippen MR) is 51.7 cm³/mol. The quantitative estimate of drug-likeness (QED) is 0.642. The molecule has 3 heteroatoms. The summed E-state index contributed by atoms with van der Waals surface area (Å²) in [6, 6.07) is 0.783. The minimum atomic E-state index is -0.553. The van der Waals surface area contributed by atoms with Gasteiger partial charge in [-0.15, -0.1) is 0 Å². The van der Waals surface area contributed by atoms with Crippen molar-refractivity contribution in [3.8, 4) is 0 Å². The third-order valence-corrected chi connectivity index (χ3v) is 4.78. The van der Waals surface area contributed by atoms with Crippen LogP contribution in [0.4, 0.5) is 0 Å². The van der Waals surface area contributed by atoms with Crippen molar-refractivity contribution in [2.75, 3.05) is 18.8 Å². The van der Waals surface area contributed by atoms with E-state index in [-0.39, 0.29) is 0 Å². The van der Waals surface area contributed by atoms with Gasteiger partial charge in [-0.05, 0) is 25.8 Å². The topological polar surface area (TPSA) is 20.3 Å². The molecule has 2 fully saturated rings. The summed E-state index contributed by atoms with van der Waals surface area (Å²) in [4.78, 5) is 2.53. The van der Waals surface area contributed by atoms with Crippen molar-refractivity contribution < 1.29 is 4.21 Å². The van der Waals surface area contributed by atoms with Gasteiger partial charge in [0.15, 0.2) is 0 Å². The van der Waals surface area contributed by atoms with E-state index < -0.39 is 10.8 Å². The van der Waals surface area contributed by atoms with Gasteiger partial charge in [0.25, 0.3) is 0 Å². The molecule has 2 nitrogen and oxygen atoms in total. The first kappa shape index (κ1) is 8.70. The summed E-state index contributed by atoms with van der Waals surface area (Å²) in [5, 5.41) is 0.486. The smallest absolute Gasteiger partial charge is 0.0489 e. The summed E-state index contributed by atoms with van der Waals surface area (Å²) in [5.41, 5.74) is 0. The van der Waals surface area contributed by atoms with Gasteiger partial charge in [0.05, 0.1) is 0 Å². The van der Waals surface area contributed by atoms with Crippen LogP contribution in [0.1, 0.15) is 26.2 Å². The lowest BCUT2D eigenvalue weighted by molar-refractivity contribution is 0.325. The van der Waals surface area contributed by atoms with Gasteiger partial charge in [-0.2, -0.15) is 0 Å². The second kappa shape index (κ2) is 3.46. The third-order valence-electron chi connectivity index (χ3n) is 3.13. The maximum absolute atomic E-state index is 11.5. The number of fused-ring (bicyclic) bond motifs is 1. The Morgan fingerprint density at radius 2 is 2.42 bits per heavy atom. The third kappa shape index (κ3) is 1.44. The van der Waals surface area contributed by atoms with Crippen molar-refractivity contribution in [1.29, 1.82) is 0 Å². The lowest BCUT2D eigenvalue weighted by atomic mass is 10.2. The number of rotatable bonds is 2. The molecule has 2 heterocycles. The predicted octanol–water partition coefficient (Wildman–Crippen LogP) is 0.992. The maximum Gasteiger partial charge on any atom is 0.0489 e.